The molecule has 17 heavy (non-hydrogen) atoms. The van der Waals surface area contributed by atoms with Crippen LogP contribution < -0.4 is 0 Å². The van der Waals surface area contributed by atoms with Crippen LogP contribution in [-0.4, -0.2) is 17.8 Å². The molecule has 0 unspecified atom stereocenters. The predicted molar refractivity (Wildman–Crippen MR) is 72.5 cm³/mol. The van der Waals surface area contributed by atoms with E-state index in [0.29, 0.717) is 0 Å². The van der Waals surface area contributed by atoms with Crippen molar-refractivity contribution in [2.75, 3.05) is 13.2 Å². The molecule has 0 radical (unpaired) electrons. The predicted octanol–water partition coefficient (Wildman–Crippen LogP) is 3.46. The topological polar surface area (TPSA) is 14.2 Å². The molecule has 0 aliphatic heterocycles. The summed E-state index contributed by atoms with van der Waals surface area (Å²) < 4.78 is 7.62. The second-order valence-corrected chi connectivity index (χ2v) is 4.59. The summed E-state index contributed by atoms with van der Waals surface area (Å²) in [5, 5.41) is 1.35. The van der Waals surface area contributed by atoms with Crippen LogP contribution in [0.2, 0.25) is 0 Å². The molecule has 2 rings (SSSR count). The van der Waals surface area contributed by atoms with E-state index in [-0.39, 0.29) is 0 Å². The number of ether oxygens (including phenoxy) is 1. The molecule has 2 heteroatoms. The lowest BCUT2D eigenvalue weighted by atomic mass is 10.0. The van der Waals surface area contributed by atoms with Crippen molar-refractivity contribution in [2.45, 2.75) is 26.7 Å². The Morgan fingerprint density at radius 1 is 1.29 bits per heavy atom. The molecular formula is C15H21NO. The lowest BCUT2D eigenvalue weighted by Gasteiger charge is -2.08. The third kappa shape index (κ3) is 2.70. The Labute approximate surface area is 103 Å². The molecule has 0 atom stereocenters. The number of fused-ring (bicyclic) bond motifs is 1. The molecule has 0 aliphatic carbocycles. The standard InChI is InChI=1S/C15H21NO/c1-4-17-9-5-6-13-10-12(2)11-14-7-8-16(3)15(13)14/h7-8,10-11H,4-6,9H2,1-3H3. The number of hydrogen-bond donors (Lipinski definition) is 0. The van der Waals surface area contributed by atoms with E-state index in [0.717, 1.165) is 26.1 Å². The van der Waals surface area contributed by atoms with Crippen molar-refractivity contribution in [3.05, 3.63) is 35.5 Å². The van der Waals surface area contributed by atoms with E-state index in [1.807, 2.05) is 6.92 Å². The minimum atomic E-state index is 0.813. The Balaban J connectivity index is 2.22. The Hall–Kier alpha value is -1.28. The molecular weight excluding hydrogens is 210 g/mol. The Morgan fingerprint density at radius 2 is 2.12 bits per heavy atom. The molecule has 2 aromatic rings. The van der Waals surface area contributed by atoms with E-state index in [4.69, 9.17) is 4.74 Å². The fraction of sp³-hybridized carbons (Fsp3) is 0.467. The quantitative estimate of drug-likeness (QED) is 0.719. The second kappa shape index (κ2) is 5.37. The van der Waals surface area contributed by atoms with E-state index in [9.17, 15) is 0 Å². The summed E-state index contributed by atoms with van der Waals surface area (Å²) >= 11 is 0. The summed E-state index contributed by atoms with van der Waals surface area (Å²) in [6.45, 7) is 5.88. The minimum absolute atomic E-state index is 0.813. The van der Waals surface area contributed by atoms with Gasteiger partial charge in [0.1, 0.15) is 0 Å². The first-order valence-electron chi connectivity index (χ1n) is 6.34. The van der Waals surface area contributed by atoms with Gasteiger partial charge in [-0.15, -0.1) is 0 Å². The number of rotatable bonds is 5. The van der Waals surface area contributed by atoms with E-state index in [1.165, 1.54) is 22.0 Å². The minimum Gasteiger partial charge on any atom is -0.382 e. The lowest BCUT2D eigenvalue weighted by molar-refractivity contribution is 0.145. The summed E-state index contributed by atoms with van der Waals surface area (Å²) in [6.07, 6.45) is 4.32. The molecule has 92 valence electrons. The van der Waals surface area contributed by atoms with Gasteiger partial charge in [0.05, 0.1) is 5.52 Å². The molecule has 0 spiro atoms. The fourth-order valence-electron chi connectivity index (χ4n) is 2.41. The molecule has 1 aromatic carbocycles. The van der Waals surface area contributed by atoms with Gasteiger partial charge < -0.3 is 9.30 Å². The molecule has 2 nitrogen and oxygen atoms in total. The van der Waals surface area contributed by atoms with Gasteiger partial charge in [0.15, 0.2) is 0 Å². The van der Waals surface area contributed by atoms with Crippen LogP contribution in [-0.2, 0) is 18.2 Å². The molecule has 0 fully saturated rings. The Kier molecular flexibility index (Phi) is 3.85. The summed E-state index contributed by atoms with van der Waals surface area (Å²) in [6, 6.07) is 6.74. The molecule has 0 N–H and O–H groups in total. The first-order chi connectivity index (χ1) is 8.22. The SMILES string of the molecule is CCOCCCc1cc(C)cc2ccn(C)c12. The summed E-state index contributed by atoms with van der Waals surface area (Å²) in [5.41, 5.74) is 4.15. The highest BCUT2D eigenvalue weighted by atomic mass is 16.5. The van der Waals surface area contributed by atoms with Crippen LogP contribution in [0, 0.1) is 6.92 Å². The van der Waals surface area contributed by atoms with Gasteiger partial charge in [-0.25, -0.2) is 0 Å². The first-order valence-corrected chi connectivity index (χ1v) is 6.34. The van der Waals surface area contributed by atoms with Crippen molar-refractivity contribution in [2.24, 2.45) is 7.05 Å². The van der Waals surface area contributed by atoms with E-state index in [2.05, 4.69) is 42.9 Å². The number of benzene rings is 1. The van der Waals surface area contributed by atoms with Gasteiger partial charge in [-0.2, -0.15) is 0 Å². The van der Waals surface area contributed by atoms with Crippen LogP contribution in [0.1, 0.15) is 24.5 Å². The molecule has 1 aromatic heterocycles. The van der Waals surface area contributed by atoms with Crippen LogP contribution in [0.15, 0.2) is 24.4 Å². The van der Waals surface area contributed by atoms with E-state index >= 15 is 0 Å². The fourth-order valence-corrected chi connectivity index (χ4v) is 2.41. The van der Waals surface area contributed by atoms with Crippen LogP contribution >= 0.6 is 0 Å². The van der Waals surface area contributed by atoms with Crippen molar-refractivity contribution in [1.29, 1.82) is 0 Å². The lowest BCUT2D eigenvalue weighted by Crippen LogP contribution is -1.98. The van der Waals surface area contributed by atoms with Crippen molar-refractivity contribution in [3.8, 4) is 0 Å². The number of aryl methyl sites for hydroxylation is 3. The molecule has 0 saturated heterocycles. The maximum atomic E-state index is 5.40. The zero-order chi connectivity index (χ0) is 12.3. The number of nitrogens with zero attached hydrogens (tertiary/aromatic N) is 1. The molecule has 0 aliphatic rings. The van der Waals surface area contributed by atoms with Crippen LogP contribution in [0.5, 0.6) is 0 Å². The van der Waals surface area contributed by atoms with Gasteiger partial charge in [0.25, 0.3) is 0 Å². The van der Waals surface area contributed by atoms with Crippen LogP contribution in [0.25, 0.3) is 10.9 Å². The number of aromatic nitrogens is 1. The zero-order valence-corrected chi connectivity index (χ0v) is 11.0. The van der Waals surface area contributed by atoms with Gasteiger partial charge in [-0.05, 0) is 44.4 Å². The average Bonchev–Trinajstić information content (AvgIpc) is 2.66. The molecule has 0 bridgehead atoms. The largest absolute Gasteiger partial charge is 0.382 e. The zero-order valence-electron chi connectivity index (χ0n) is 11.0. The van der Waals surface area contributed by atoms with Gasteiger partial charge in [0.2, 0.25) is 0 Å². The first kappa shape index (κ1) is 12.2. The van der Waals surface area contributed by atoms with Gasteiger partial charge in [0, 0.05) is 31.8 Å². The maximum Gasteiger partial charge on any atom is 0.0510 e. The third-order valence-corrected chi connectivity index (χ3v) is 3.13. The van der Waals surface area contributed by atoms with Crippen LogP contribution in [0.4, 0.5) is 0 Å². The smallest absolute Gasteiger partial charge is 0.0510 e. The van der Waals surface area contributed by atoms with E-state index in [1.54, 1.807) is 0 Å². The Bertz CT molecular complexity index is 499. The third-order valence-electron chi connectivity index (χ3n) is 3.13. The number of hydrogen-bond acceptors (Lipinski definition) is 1. The summed E-state index contributed by atoms with van der Waals surface area (Å²) in [7, 11) is 2.11. The van der Waals surface area contributed by atoms with Gasteiger partial charge >= 0.3 is 0 Å². The highest BCUT2D eigenvalue weighted by molar-refractivity contribution is 5.84. The van der Waals surface area contributed by atoms with Crippen molar-refractivity contribution in [1.82, 2.24) is 4.57 Å². The molecule has 0 saturated carbocycles. The monoisotopic (exact) mass is 231 g/mol. The van der Waals surface area contributed by atoms with E-state index < -0.39 is 0 Å². The van der Waals surface area contributed by atoms with Gasteiger partial charge in [-0.3, -0.25) is 0 Å². The summed E-state index contributed by atoms with van der Waals surface area (Å²) in [5.74, 6) is 0. The second-order valence-electron chi connectivity index (χ2n) is 4.59. The average molecular weight is 231 g/mol. The Morgan fingerprint density at radius 3 is 2.88 bits per heavy atom. The molecule has 0 amide bonds. The highest BCUT2D eigenvalue weighted by Gasteiger charge is 2.05. The molecule has 1 heterocycles. The van der Waals surface area contributed by atoms with Crippen molar-refractivity contribution < 1.29 is 4.74 Å². The maximum absolute atomic E-state index is 5.40. The van der Waals surface area contributed by atoms with Crippen molar-refractivity contribution >= 4 is 10.9 Å². The summed E-state index contributed by atoms with van der Waals surface area (Å²) in [4.78, 5) is 0. The highest BCUT2D eigenvalue weighted by Crippen LogP contribution is 2.22. The van der Waals surface area contributed by atoms with Crippen molar-refractivity contribution in [3.63, 3.8) is 0 Å². The van der Waals surface area contributed by atoms with Crippen LogP contribution in [0.3, 0.4) is 0 Å². The van der Waals surface area contributed by atoms with Gasteiger partial charge in [-0.1, -0.05) is 11.6 Å². The normalized spacial score (nSPS) is 11.2.